The van der Waals surface area contributed by atoms with Crippen molar-refractivity contribution in [1.82, 2.24) is 0 Å². The third kappa shape index (κ3) is 3.54. The Hall–Kier alpha value is -0.870. The van der Waals surface area contributed by atoms with Gasteiger partial charge in [-0.05, 0) is 11.6 Å². The number of Topliss-reactive ketones (excluding diaryl/α,β-unsaturated/α-hetero) is 1. The molecule has 0 atom stereocenters. The Morgan fingerprint density at radius 2 is 2.06 bits per heavy atom. The van der Waals surface area contributed by atoms with Gasteiger partial charge in [0.2, 0.25) is 0 Å². The van der Waals surface area contributed by atoms with Gasteiger partial charge in [0.25, 0.3) is 0 Å². The molecule has 1 rings (SSSR count). The minimum Gasteiger partial charge on any atom is -0.465 e. The number of carbonyl (C=O) groups excluding carboxylic acids is 2. The highest BCUT2D eigenvalue weighted by atomic mass is 79.9. The summed E-state index contributed by atoms with van der Waals surface area (Å²) in [6.07, 6.45) is 0.338. The van der Waals surface area contributed by atoms with E-state index in [1.165, 1.54) is 7.11 Å². The monoisotopic (exact) mass is 318 g/mol. The summed E-state index contributed by atoms with van der Waals surface area (Å²) < 4.78 is 4.66. The molecule has 0 bridgehead atoms. The van der Waals surface area contributed by atoms with E-state index >= 15 is 0 Å². The quantitative estimate of drug-likeness (QED) is 0.475. The molecule has 0 saturated heterocycles. The highest BCUT2D eigenvalue weighted by Gasteiger charge is 2.17. The first-order valence-corrected chi connectivity index (χ1v) is 6.66. The lowest BCUT2D eigenvalue weighted by molar-refractivity contribution is 0.0597. The number of halogens is 2. The van der Waals surface area contributed by atoms with Crippen LogP contribution >= 0.6 is 27.5 Å². The molecule has 0 amide bonds. The molecule has 0 heterocycles. The van der Waals surface area contributed by atoms with Crippen LogP contribution in [0, 0.1) is 0 Å². The van der Waals surface area contributed by atoms with Crippen LogP contribution in [0.25, 0.3) is 0 Å². The van der Waals surface area contributed by atoms with Gasteiger partial charge in [0.15, 0.2) is 5.78 Å². The maximum Gasteiger partial charge on any atom is 0.338 e. The van der Waals surface area contributed by atoms with Crippen LogP contribution in [0.2, 0.25) is 0 Å². The summed E-state index contributed by atoms with van der Waals surface area (Å²) in [6, 6.07) is 4.95. The third-order valence-corrected chi connectivity index (χ3v) is 2.97. The number of rotatable bonds is 5. The molecule has 5 heteroatoms. The first-order chi connectivity index (χ1) is 8.13. The van der Waals surface area contributed by atoms with Crippen LogP contribution in [0.15, 0.2) is 18.2 Å². The van der Waals surface area contributed by atoms with Gasteiger partial charge < -0.3 is 4.74 Å². The van der Waals surface area contributed by atoms with Crippen LogP contribution in [0.4, 0.5) is 0 Å². The first-order valence-electron chi connectivity index (χ1n) is 5.00. The Labute approximate surface area is 113 Å². The molecule has 3 nitrogen and oxygen atoms in total. The Morgan fingerprint density at radius 1 is 1.35 bits per heavy atom. The number of alkyl halides is 2. The Morgan fingerprint density at radius 3 is 2.59 bits per heavy atom. The predicted octanol–water partition coefficient (Wildman–Crippen LogP) is 3.18. The lowest BCUT2D eigenvalue weighted by atomic mass is 10.00. The first kappa shape index (κ1) is 14.2. The fourth-order valence-electron chi connectivity index (χ4n) is 1.42. The average molecular weight is 320 g/mol. The van der Waals surface area contributed by atoms with Crippen molar-refractivity contribution < 1.29 is 14.3 Å². The number of benzene rings is 1. The van der Waals surface area contributed by atoms with Gasteiger partial charge in [0.1, 0.15) is 0 Å². The maximum absolute atomic E-state index is 11.8. The summed E-state index contributed by atoms with van der Waals surface area (Å²) in [5.41, 5.74) is 1.43. The van der Waals surface area contributed by atoms with Gasteiger partial charge in [0, 0.05) is 23.2 Å². The highest BCUT2D eigenvalue weighted by molar-refractivity contribution is 9.09. The molecule has 0 aliphatic rings. The van der Waals surface area contributed by atoms with E-state index in [0.717, 1.165) is 5.56 Å². The predicted molar refractivity (Wildman–Crippen MR) is 70.1 cm³/mol. The molecule has 0 radical (unpaired) electrons. The summed E-state index contributed by atoms with van der Waals surface area (Å²) >= 11 is 8.89. The molecule has 0 N–H and O–H groups in total. The third-order valence-electron chi connectivity index (χ3n) is 2.27. The molecule has 1 aromatic carbocycles. The number of hydrogen-bond donors (Lipinski definition) is 0. The van der Waals surface area contributed by atoms with Crippen LogP contribution in [0.1, 0.15) is 32.7 Å². The molecule has 0 aliphatic carbocycles. The van der Waals surface area contributed by atoms with Crippen molar-refractivity contribution in [2.45, 2.75) is 12.3 Å². The summed E-state index contributed by atoms with van der Waals surface area (Å²) in [5.74, 6) is -0.324. The highest BCUT2D eigenvalue weighted by Crippen LogP contribution is 2.17. The second-order valence-corrected chi connectivity index (χ2v) is 4.43. The molecule has 17 heavy (non-hydrogen) atoms. The second kappa shape index (κ2) is 6.77. The van der Waals surface area contributed by atoms with Crippen molar-refractivity contribution in [3.05, 3.63) is 34.9 Å². The van der Waals surface area contributed by atoms with E-state index in [0.29, 0.717) is 17.3 Å². The summed E-state index contributed by atoms with van der Waals surface area (Å²) in [7, 11) is 1.29. The lowest BCUT2D eigenvalue weighted by Crippen LogP contribution is -2.11. The normalized spacial score (nSPS) is 10.1. The number of esters is 1. The van der Waals surface area contributed by atoms with Gasteiger partial charge in [-0.25, -0.2) is 4.79 Å². The van der Waals surface area contributed by atoms with E-state index in [1.54, 1.807) is 18.2 Å². The minimum atomic E-state index is -0.519. The van der Waals surface area contributed by atoms with Crippen molar-refractivity contribution in [1.29, 1.82) is 0 Å². The largest absolute Gasteiger partial charge is 0.465 e. The molecule has 0 fully saturated rings. The van der Waals surface area contributed by atoms with Gasteiger partial charge in [-0.2, -0.15) is 0 Å². The van der Waals surface area contributed by atoms with Crippen molar-refractivity contribution in [3.63, 3.8) is 0 Å². The van der Waals surface area contributed by atoms with E-state index in [2.05, 4.69) is 20.7 Å². The molecule has 1 aromatic rings. The zero-order chi connectivity index (χ0) is 12.8. The molecule has 92 valence electrons. The van der Waals surface area contributed by atoms with Crippen LogP contribution in [0.5, 0.6) is 0 Å². The molecular formula is C12H12BrClO3. The summed E-state index contributed by atoms with van der Waals surface area (Å²) in [4.78, 5) is 23.4. The van der Waals surface area contributed by atoms with Gasteiger partial charge in [-0.3, -0.25) is 4.79 Å². The van der Waals surface area contributed by atoms with Gasteiger partial charge in [-0.1, -0.05) is 28.1 Å². The zero-order valence-electron chi connectivity index (χ0n) is 9.33. The van der Waals surface area contributed by atoms with Gasteiger partial charge in [-0.15, -0.1) is 11.6 Å². The lowest BCUT2D eigenvalue weighted by Gasteiger charge is -2.08. The molecule has 0 saturated carbocycles. The zero-order valence-corrected chi connectivity index (χ0v) is 11.7. The van der Waals surface area contributed by atoms with Gasteiger partial charge >= 0.3 is 5.97 Å². The van der Waals surface area contributed by atoms with E-state index in [-0.39, 0.29) is 17.2 Å². The number of methoxy groups -OCH3 is 1. The van der Waals surface area contributed by atoms with Crippen molar-refractivity contribution >= 4 is 39.3 Å². The number of ketones is 1. The summed E-state index contributed by atoms with van der Waals surface area (Å²) in [6.45, 7) is 0. The number of hydrogen-bond acceptors (Lipinski definition) is 3. The average Bonchev–Trinajstić information content (AvgIpc) is 2.37. The fraction of sp³-hybridized carbons (Fsp3) is 0.333. The fourth-order valence-corrected chi connectivity index (χ4v) is 1.94. The smallest absolute Gasteiger partial charge is 0.338 e. The van der Waals surface area contributed by atoms with Crippen LogP contribution in [0.3, 0.4) is 0 Å². The van der Waals surface area contributed by atoms with E-state index in [4.69, 9.17) is 11.6 Å². The maximum atomic E-state index is 11.8. The standard InChI is InChI=1S/C12H12BrClO3/c1-17-12(16)10-6-8(7-14)2-3-9(10)11(15)4-5-13/h2-3,6H,4-5,7H2,1H3. The van der Waals surface area contributed by atoms with Crippen LogP contribution in [-0.2, 0) is 10.6 Å². The van der Waals surface area contributed by atoms with E-state index < -0.39 is 5.97 Å². The molecule has 0 unspecified atom stereocenters. The van der Waals surface area contributed by atoms with E-state index in [9.17, 15) is 9.59 Å². The SMILES string of the molecule is COC(=O)c1cc(CCl)ccc1C(=O)CCBr. The number of ether oxygens (including phenoxy) is 1. The Balaban J connectivity index is 3.19. The molecule has 0 aliphatic heterocycles. The molecule has 0 spiro atoms. The van der Waals surface area contributed by atoms with E-state index in [1.807, 2.05) is 0 Å². The second-order valence-electron chi connectivity index (χ2n) is 3.37. The molecular weight excluding hydrogens is 307 g/mol. The molecule has 0 aromatic heterocycles. The summed E-state index contributed by atoms with van der Waals surface area (Å²) in [5, 5.41) is 0.559. The topological polar surface area (TPSA) is 43.4 Å². The van der Waals surface area contributed by atoms with Gasteiger partial charge in [0.05, 0.1) is 12.7 Å². The number of carbonyl (C=O) groups is 2. The van der Waals surface area contributed by atoms with Crippen molar-refractivity contribution in [2.24, 2.45) is 0 Å². The van der Waals surface area contributed by atoms with Crippen LogP contribution < -0.4 is 0 Å². The van der Waals surface area contributed by atoms with Crippen LogP contribution in [-0.4, -0.2) is 24.2 Å². The Bertz CT molecular complexity index is 432. The minimum absolute atomic E-state index is 0.0941. The Kier molecular flexibility index (Phi) is 5.65. The van der Waals surface area contributed by atoms with Crippen molar-refractivity contribution in [3.8, 4) is 0 Å². The van der Waals surface area contributed by atoms with Crippen molar-refractivity contribution in [2.75, 3.05) is 12.4 Å².